The average molecular weight is 505 g/mol. The van der Waals surface area contributed by atoms with Gasteiger partial charge in [0.05, 0.1) is 47.0 Å². The molecule has 36 heavy (non-hydrogen) atoms. The summed E-state index contributed by atoms with van der Waals surface area (Å²) in [6, 6.07) is 18.9. The second-order valence-electron chi connectivity index (χ2n) is 9.06. The van der Waals surface area contributed by atoms with Crippen LogP contribution in [-0.2, 0) is 16.3 Å². The number of hydrogen-bond donors (Lipinski definition) is 1. The second kappa shape index (κ2) is 9.73. The van der Waals surface area contributed by atoms with E-state index >= 15 is 0 Å². The summed E-state index contributed by atoms with van der Waals surface area (Å²) in [5.74, 6) is 0.657. The first-order chi connectivity index (χ1) is 17.3. The van der Waals surface area contributed by atoms with Crippen molar-refractivity contribution in [2.24, 2.45) is 0 Å². The highest BCUT2D eigenvalue weighted by atomic mass is 32.2. The Morgan fingerprint density at radius 1 is 1.14 bits per heavy atom. The van der Waals surface area contributed by atoms with Crippen molar-refractivity contribution in [3.8, 4) is 17.0 Å². The van der Waals surface area contributed by atoms with Crippen LogP contribution in [0.2, 0.25) is 0 Å². The molecule has 0 bridgehead atoms. The number of fused-ring (bicyclic) bond motifs is 1. The summed E-state index contributed by atoms with van der Waals surface area (Å²) in [6.45, 7) is 2.32. The molecular formula is C27H28N4O4S. The maximum Gasteiger partial charge on any atom is 0.252 e. The summed E-state index contributed by atoms with van der Waals surface area (Å²) < 4.78 is 31.3. The third-order valence-corrected chi connectivity index (χ3v) is 8.31. The van der Waals surface area contributed by atoms with Crippen molar-refractivity contribution in [2.75, 3.05) is 25.2 Å². The number of nitrogens with one attached hydrogen (secondary N) is 1. The zero-order valence-corrected chi connectivity index (χ0v) is 21.1. The summed E-state index contributed by atoms with van der Waals surface area (Å²) >= 11 is 0. The molecule has 0 aliphatic carbocycles. The van der Waals surface area contributed by atoms with Gasteiger partial charge in [-0.2, -0.15) is 5.10 Å². The third-order valence-electron chi connectivity index (χ3n) is 6.56. The molecule has 1 atom stereocenters. The summed E-state index contributed by atoms with van der Waals surface area (Å²) in [6.07, 6.45) is 1.19. The fraction of sp³-hybridized carbons (Fsp3) is 0.296. The Kier molecular flexibility index (Phi) is 6.49. The lowest BCUT2D eigenvalue weighted by atomic mass is 10.0. The van der Waals surface area contributed by atoms with Crippen molar-refractivity contribution in [1.29, 1.82) is 0 Å². The molecule has 3 heterocycles. The Bertz CT molecular complexity index is 1510. The van der Waals surface area contributed by atoms with Gasteiger partial charge in [0.1, 0.15) is 5.75 Å². The highest BCUT2D eigenvalue weighted by molar-refractivity contribution is 7.91. The largest absolute Gasteiger partial charge is 0.497 e. The number of benzene rings is 2. The molecule has 9 heteroatoms. The van der Waals surface area contributed by atoms with E-state index in [4.69, 9.17) is 9.72 Å². The fourth-order valence-electron chi connectivity index (χ4n) is 4.68. The standard InChI is InChI=1S/C27H28N4O4S/c1-18-25-23(27(32)28-14-12-19-6-4-3-5-7-19)16-24(20-8-10-22(35-2)11-9-20)29-26(25)31(30-18)21-13-15-36(33,34)17-21/h3-11,16,21H,12-15,17H2,1-2H3,(H,28,32). The number of aromatic nitrogens is 3. The van der Waals surface area contributed by atoms with Crippen LogP contribution in [0.4, 0.5) is 0 Å². The van der Waals surface area contributed by atoms with Gasteiger partial charge in [0.2, 0.25) is 0 Å². The van der Waals surface area contributed by atoms with Crippen LogP contribution < -0.4 is 10.1 Å². The number of methoxy groups -OCH3 is 1. The van der Waals surface area contributed by atoms with E-state index in [1.807, 2.05) is 61.5 Å². The molecule has 2 aromatic carbocycles. The highest BCUT2D eigenvalue weighted by Gasteiger charge is 2.32. The Morgan fingerprint density at radius 2 is 1.89 bits per heavy atom. The van der Waals surface area contributed by atoms with E-state index in [0.29, 0.717) is 47.4 Å². The van der Waals surface area contributed by atoms with E-state index in [1.165, 1.54) is 0 Å². The molecule has 5 rings (SSSR count). The molecule has 2 aromatic heterocycles. The van der Waals surface area contributed by atoms with Crippen LogP contribution in [0.3, 0.4) is 0 Å². The molecule has 0 saturated carbocycles. The molecule has 1 amide bonds. The summed E-state index contributed by atoms with van der Waals surface area (Å²) in [5.41, 5.74) is 4.22. The lowest BCUT2D eigenvalue weighted by Crippen LogP contribution is -2.26. The SMILES string of the molecule is COc1ccc(-c2cc(C(=O)NCCc3ccccc3)c3c(C)nn(C4CCS(=O)(=O)C4)c3n2)cc1. The van der Waals surface area contributed by atoms with Crippen molar-refractivity contribution in [1.82, 2.24) is 20.1 Å². The quantitative estimate of drug-likeness (QED) is 0.411. The number of rotatable bonds is 7. The number of pyridine rings is 1. The van der Waals surface area contributed by atoms with Crippen LogP contribution in [-0.4, -0.2) is 54.2 Å². The first-order valence-electron chi connectivity index (χ1n) is 11.9. The molecule has 1 N–H and O–H groups in total. The van der Waals surface area contributed by atoms with Crippen LogP contribution in [0, 0.1) is 6.92 Å². The van der Waals surface area contributed by atoms with Crippen molar-refractivity contribution in [2.45, 2.75) is 25.8 Å². The Morgan fingerprint density at radius 3 is 2.56 bits per heavy atom. The van der Waals surface area contributed by atoms with Gasteiger partial charge in [0, 0.05) is 12.1 Å². The maximum atomic E-state index is 13.4. The molecule has 4 aromatic rings. The average Bonchev–Trinajstić information content (AvgIpc) is 3.42. The lowest BCUT2D eigenvalue weighted by Gasteiger charge is -2.13. The zero-order valence-electron chi connectivity index (χ0n) is 20.3. The van der Waals surface area contributed by atoms with E-state index in [-0.39, 0.29) is 23.5 Å². The minimum Gasteiger partial charge on any atom is -0.497 e. The molecule has 1 saturated heterocycles. The molecule has 1 aliphatic rings. The highest BCUT2D eigenvalue weighted by Crippen LogP contribution is 2.32. The molecule has 1 unspecified atom stereocenters. The molecular weight excluding hydrogens is 476 g/mol. The Balaban J connectivity index is 1.55. The first-order valence-corrected chi connectivity index (χ1v) is 13.7. The number of aryl methyl sites for hydroxylation is 1. The lowest BCUT2D eigenvalue weighted by molar-refractivity contribution is 0.0955. The van der Waals surface area contributed by atoms with Gasteiger partial charge in [-0.25, -0.2) is 18.1 Å². The molecule has 0 spiro atoms. The molecule has 0 radical (unpaired) electrons. The van der Waals surface area contributed by atoms with Gasteiger partial charge in [-0.05, 0) is 55.7 Å². The predicted molar refractivity (Wildman–Crippen MR) is 139 cm³/mol. The number of amides is 1. The van der Waals surface area contributed by atoms with E-state index < -0.39 is 9.84 Å². The van der Waals surface area contributed by atoms with Gasteiger partial charge in [-0.15, -0.1) is 0 Å². The van der Waals surface area contributed by atoms with Crippen molar-refractivity contribution in [3.63, 3.8) is 0 Å². The predicted octanol–water partition coefficient (Wildman–Crippen LogP) is 3.75. The number of carbonyl (C=O) groups is 1. The van der Waals surface area contributed by atoms with Crippen LogP contribution in [0.5, 0.6) is 5.75 Å². The van der Waals surface area contributed by atoms with Gasteiger partial charge in [0.25, 0.3) is 5.91 Å². The minimum absolute atomic E-state index is 0.0241. The number of sulfone groups is 1. The molecule has 186 valence electrons. The molecule has 1 fully saturated rings. The number of nitrogens with zero attached hydrogens (tertiary/aromatic N) is 3. The van der Waals surface area contributed by atoms with Gasteiger partial charge < -0.3 is 10.1 Å². The van der Waals surface area contributed by atoms with Gasteiger partial charge in [-0.3, -0.25) is 4.79 Å². The van der Waals surface area contributed by atoms with Crippen LogP contribution in [0.25, 0.3) is 22.3 Å². The second-order valence-corrected chi connectivity index (χ2v) is 11.3. The van der Waals surface area contributed by atoms with Gasteiger partial charge in [0.15, 0.2) is 15.5 Å². The molecule has 1 aliphatic heterocycles. The number of carbonyl (C=O) groups excluding carboxylic acids is 1. The van der Waals surface area contributed by atoms with Gasteiger partial charge in [-0.1, -0.05) is 30.3 Å². The minimum atomic E-state index is -3.12. The third kappa shape index (κ3) is 4.83. The topological polar surface area (TPSA) is 103 Å². The smallest absolute Gasteiger partial charge is 0.252 e. The van der Waals surface area contributed by atoms with E-state index in [1.54, 1.807) is 17.9 Å². The Labute approximate surface area is 210 Å². The summed E-state index contributed by atoms with van der Waals surface area (Å²) in [5, 5.41) is 8.34. The number of ether oxygens (including phenoxy) is 1. The van der Waals surface area contributed by atoms with E-state index in [2.05, 4.69) is 10.4 Å². The summed E-state index contributed by atoms with van der Waals surface area (Å²) in [7, 11) is -1.51. The van der Waals surface area contributed by atoms with Crippen LogP contribution >= 0.6 is 0 Å². The van der Waals surface area contributed by atoms with Crippen LogP contribution in [0.15, 0.2) is 60.7 Å². The van der Waals surface area contributed by atoms with Gasteiger partial charge >= 0.3 is 0 Å². The van der Waals surface area contributed by atoms with Crippen molar-refractivity contribution < 1.29 is 17.9 Å². The van der Waals surface area contributed by atoms with E-state index in [0.717, 1.165) is 16.9 Å². The monoisotopic (exact) mass is 504 g/mol. The normalized spacial score (nSPS) is 16.8. The van der Waals surface area contributed by atoms with Crippen molar-refractivity contribution in [3.05, 3.63) is 77.5 Å². The van der Waals surface area contributed by atoms with Crippen molar-refractivity contribution >= 4 is 26.8 Å². The number of hydrogen-bond acceptors (Lipinski definition) is 6. The van der Waals surface area contributed by atoms with Crippen LogP contribution in [0.1, 0.15) is 34.1 Å². The zero-order chi connectivity index (χ0) is 25.3. The summed E-state index contributed by atoms with van der Waals surface area (Å²) in [4.78, 5) is 18.3. The molecule has 8 nitrogen and oxygen atoms in total. The Hall–Kier alpha value is -3.72. The fourth-order valence-corrected chi connectivity index (χ4v) is 6.38. The maximum absolute atomic E-state index is 13.4. The van der Waals surface area contributed by atoms with E-state index in [9.17, 15) is 13.2 Å². The first kappa shape index (κ1) is 24.0.